The van der Waals surface area contributed by atoms with Gasteiger partial charge in [-0.1, -0.05) is 0 Å². The van der Waals surface area contributed by atoms with Crippen molar-refractivity contribution in [2.24, 2.45) is 0 Å². The first-order chi connectivity index (χ1) is 15.7. The summed E-state index contributed by atoms with van der Waals surface area (Å²) in [5, 5.41) is 59.7. The van der Waals surface area contributed by atoms with Crippen LogP contribution in [0.25, 0.3) is 22.3 Å². The van der Waals surface area contributed by atoms with Crippen LogP contribution in [-0.4, -0.2) is 75.1 Å². The molecule has 4 rings (SSSR count). The number of phenols is 2. The van der Waals surface area contributed by atoms with E-state index in [4.69, 9.17) is 18.6 Å². The van der Waals surface area contributed by atoms with E-state index in [1.807, 2.05) is 0 Å². The lowest BCUT2D eigenvalue weighted by Crippen LogP contribution is -2.60. The van der Waals surface area contributed by atoms with Crippen molar-refractivity contribution in [2.45, 2.75) is 30.7 Å². The number of ether oxygens (including phenoxy) is 3. The van der Waals surface area contributed by atoms with E-state index in [1.54, 1.807) is 24.3 Å². The van der Waals surface area contributed by atoms with Crippen LogP contribution in [0.5, 0.6) is 23.0 Å². The summed E-state index contributed by atoms with van der Waals surface area (Å²) in [6, 6.07) is 8.92. The Morgan fingerprint density at radius 3 is 2.30 bits per heavy atom. The van der Waals surface area contributed by atoms with Crippen molar-refractivity contribution < 1.29 is 49.3 Å². The summed E-state index contributed by atoms with van der Waals surface area (Å²) in [6.45, 7) is -0.681. The Bertz CT molecular complexity index is 1200. The van der Waals surface area contributed by atoms with E-state index in [2.05, 4.69) is 0 Å². The van der Waals surface area contributed by atoms with Crippen LogP contribution in [0.15, 0.2) is 45.6 Å². The van der Waals surface area contributed by atoms with Gasteiger partial charge in [0.2, 0.25) is 12.0 Å². The van der Waals surface area contributed by atoms with Gasteiger partial charge in [-0.3, -0.25) is 4.79 Å². The van der Waals surface area contributed by atoms with E-state index in [0.29, 0.717) is 11.3 Å². The van der Waals surface area contributed by atoms with Gasteiger partial charge in [-0.05, 0) is 24.3 Å². The molecule has 1 aliphatic rings. The van der Waals surface area contributed by atoms with Gasteiger partial charge in [-0.25, -0.2) is 0 Å². The van der Waals surface area contributed by atoms with Crippen molar-refractivity contribution in [1.82, 2.24) is 0 Å². The molecule has 11 nitrogen and oxygen atoms in total. The lowest BCUT2D eigenvalue weighted by molar-refractivity contribution is -0.277. The molecule has 1 aromatic heterocycles. The first-order valence-electron chi connectivity index (χ1n) is 9.89. The predicted octanol–water partition coefficient (Wildman–Crippen LogP) is 0.0585. The summed E-state index contributed by atoms with van der Waals surface area (Å²) in [4.78, 5) is 12.6. The summed E-state index contributed by atoms with van der Waals surface area (Å²) < 4.78 is 21.5. The number of aliphatic hydroxyl groups excluding tert-OH is 4. The second kappa shape index (κ2) is 8.89. The molecular weight excluding hydrogens is 440 g/mol. The summed E-state index contributed by atoms with van der Waals surface area (Å²) in [6.07, 6.45) is -7.94. The smallest absolute Gasteiger partial charge is 0.229 e. The lowest BCUT2D eigenvalue weighted by atomic mass is 9.99. The van der Waals surface area contributed by atoms with Gasteiger partial charge in [-0.2, -0.15) is 0 Å². The summed E-state index contributed by atoms with van der Waals surface area (Å²) in [5.41, 5.74) is -0.226. The zero-order chi connectivity index (χ0) is 23.9. The Morgan fingerprint density at radius 2 is 1.67 bits per heavy atom. The van der Waals surface area contributed by atoms with Crippen LogP contribution in [0.2, 0.25) is 0 Å². The van der Waals surface area contributed by atoms with Crippen molar-refractivity contribution in [3.05, 3.63) is 46.6 Å². The maximum Gasteiger partial charge on any atom is 0.229 e. The molecule has 33 heavy (non-hydrogen) atoms. The van der Waals surface area contributed by atoms with Crippen LogP contribution in [0.3, 0.4) is 0 Å². The van der Waals surface area contributed by atoms with Crippen molar-refractivity contribution in [3.8, 4) is 34.3 Å². The number of rotatable bonds is 5. The molecule has 2 aromatic carbocycles. The fourth-order valence-electron chi connectivity index (χ4n) is 3.55. The van der Waals surface area contributed by atoms with Gasteiger partial charge in [0.1, 0.15) is 46.9 Å². The molecule has 0 saturated carbocycles. The SMILES string of the molecule is COc1ccc(-c2cc(=O)c3c(O)c(O)c(O[C@@H]4OC(CO)[C@@H](O)[C@H](O)C4O)cc3o2)cc1. The molecule has 11 heteroatoms. The monoisotopic (exact) mass is 462 g/mol. The minimum Gasteiger partial charge on any atom is -0.504 e. The molecule has 1 saturated heterocycles. The molecule has 3 aromatic rings. The molecule has 6 N–H and O–H groups in total. The summed E-state index contributed by atoms with van der Waals surface area (Å²) in [5.74, 6) is -1.32. The molecule has 0 bridgehead atoms. The van der Waals surface area contributed by atoms with E-state index in [-0.39, 0.29) is 16.7 Å². The van der Waals surface area contributed by atoms with E-state index in [1.165, 1.54) is 7.11 Å². The molecule has 5 atom stereocenters. The van der Waals surface area contributed by atoms with Gasteiger partial charge in [0.25, 0.3) is 0 Å². The van der Waals surface area contributed by atoms with E-state index >= 15 is 0 Å². The van der Waals surface area contributed by atoms with Crippen molar-refractivity contribution in [1.29, 1.82) is 0 Å². The molecule has 0 spiro atoms. The maximum atomic E-state index is 12.6. The number of fused-ring (bicyclic) bond motifs is 1. The van der Waals surface area contributed by atoms with Crippen LogP contribution in [0, 0.1) is 0 Å². The maximum absolute atomic E-state index is 12.6. The summed E-state index contributed by atoms with van der Waals surface area (Å²) in [7, 11) is 1.51. The van der Waals surface area contributed by atoms with Crippen molar-refractivity contribution in [2.75, 3.05) is 13.7 Å². The molecule has 2 unspecified atom stereocenters. The number of aliphatic hydroxyl groups is 4. The number of hydrogen-bond donors (Lipinski definition) is 6. The zero-order valence-corrected chi connectivity index (χ0v) is 17.3. The number of hydrogen-bond acceptors (Lipinski definition) is 11. The van der Waals surface area contributed by atoms with Gasteiger partial charge in [-0.15, -0.1) is 0 Å². The largest absolute Gasteiger partial charge is 0.504 e. The average Bonchev–Trinajstić information content (AvgIpc) is 2.82. The van der Waals surface area contributed by atoms with Crippen LogP contribution >= 0.6 is 0 Å². The van der Waals surface area contributed by atoms with Gasteiger partial charge in [0.15, 0.2) is 16.9 Å². The Labute approximate surface area is 186 Å². The molecule has 0 radical (unpaired) electrons. The van der Waals surface area contributed by atoms with Crippen LogP contribution < -0.4 is 14.9 Å². The van der Waals surface area contributed by atoms with E-state index in [9.17, 15) is 35.4 Å². The molecule has 1 aliphatic heterocycles. The molecule has 0 amide bonds. The number of phenolic OH excluding ortho intramolecular Hbond substituents is 2. The van der Waals surface area contributed by atoms with Crippen molar-refractivity contribution >= 4 is 11.0 Å². The van der Waals surface area contributed by atoms with E-state index in [0.717, 1.165) is 12.1 Å². The van der Waals surface area contributed by atoms with Crippen LogP contribution in [0.1, 0.15) is 0 Å². The van der Waals surface area contributed by atoms with Gasteiger partial charge >= 0.3 is 0 Å². The first-order valence-corrected chi connectivity index (χ1v) is 9.89. The van der Waals surface area contributed by atoms with Gasteiger partial charge in [0, 0.05) is 17.7 Å². The fourth-order valence-corrected chi connectivity index (χ4v) is 3.55. The highest BCUT2D eigenvalue weighted by molar-refractivity contribution is 5.89. The number of aromatic hydroxyl groups is 2. The fraction of sp³-hybridized carbons (Fsp3) is 0.318. The third-order valence-corrected chi connectivity index (χ3v) is 5.40. The normalized spacial score (nSPS) is 25.2. The minimum absolute atomic E-state index is 0.136. The Hall–Kier alpha value is -3.35. The molecule has 176 valence electrons. The highest BCUT2D eigenvalue weighted by Crippen LogP contribution is 2.42. The molecule has 2 heterocycles. The third kappa shape index (κ3) is 4.08. The second-order valence-corrected chi connectivity index (χ2v) is 7.46. The minimum atomic E-state index is -1.75. The summed E-state index contributed by atoms with van der Waals surface area (Å²) >= 11 is 0. The second-order valence-electron chi connectivity index (χ2n) is 7.46. The van der Waals surface area contributed by atoms with Crippen LogP contribution in [-0.2, 0) is 4.74 Å². The van der Waals surface area contributed by atoms with E-state index < -0.39 is 60.0 Å². The Kier molecular flexibility index (Phi) is 6.15. The Morgan fingerprint density at radius 1 is 0.970 bits per heavy atom. The zero-order valence-electron chi connectivity index (χ0n) is 17.3. The molecule has 1 fully saturated rings. The van der Waals surface area contributed by atoms with Crippen LogP contribution in [0.4, 0.5) is 0 Å². The highest BCUT2D eigenvalue weighted by atomic mass is 16.7. The predicted molar refractivity (Wildman–Crippen MR) is 112 cm³/mol. The standard InChI is InChI=1S/C22H22O11/c1-30-10-4-2-9(3-5-10)12-6-11(24)16-13(31-12)7-14(17(25)19(16)27)32-22-21(29)20(28)18(26)15(8-23)33-22/h2-7,15,18,20-23,25-29H,8H2,1H3/t15?,18-,20+,21?,22-/m1/s1. The average molecular weight is 462 g/mol. The molecular formula is C22H22O11. The topological polar surface area (TPSA) is 179 Å². The lowest BCUT2D eigenvalue weighted by Gasteiger charge is -2.39. The highest BCUT2D eigenvalue weighted by Gasteiger charge is 2.45. The number of benzene rings is 2. The number of methoxy groups -OCH3 is 1. The molecule has 0 aliphatic carbocycles. The quantitative estimate of drug-likeness (QED) is 0.282. The Balaban J connectivity index is 1.75. The van der Waals surface area contributed by atoms with Gasteiger partial charge < -0.3 is 49.3 Å². The van der Waals surface area contributed by atoms with Crippen molar-refractivity contribution in [3.63, 3.8) is 0 Å². The third-order valence-electron chi connectivity index (χ3n) is 5.40. The van der Waals surface area contributed by atoms with Gasteiger partial charge in [0.05, 0.1) is 13.7 Å². The first kappa shape index (κ1) is 22.8.